The number of hydrogen-bond acceptors (Lipinski definition) is 5. The molecule has 0 bridgehead atoms. The van der Waals surface area contributed by atoms with Gasteiger partial charge in [-0.05, 0) is 49.4 Å². The van der Waals surface area contributed by atoms with Crippen LogP contribution >= 0.6 is 11.8 Å². The predicted molar refractivity (Wildman–Crippen MR) is 114 cm³/mol. The molecule has 0 fully saturated rings. The zero-order valence-electron chi connectivity index (χ0n) is 17.3. The first-order valence-electron chi connectivity index (χ1n) is 9.29. The second-order valence-electron chi connectivity index (χ2n) is 7.47. The van der Waals surface area contributed by atoms with Gasteiger partial charge >= 0.3 is 0 Å². The average molecular weight is 393 g/mol. The fraction of sp³-hybridized carbons (Fsp3) is 0.571. The van der Waals surface area contributed by atoms with Crippen molar-refractivity contribution in [3.63, 3.8) is 0 Å². The summed E-state index contributed by atoms with van der Waals surface area (Å²) in [6.07, 6.45) is 3.68. The fourth-order valence-electron chi connectivity index (χ4n) is 2.23. The number of carbonyl (C=O) groups is 2. The van der Waals surface area contributed by atoms with Gasteiger partial charge in [-0.25, -0.2) is 5.43 Å². The van der Waals surface area contributed by atoms with E-state index in [2.05, 4.69) is 10.5 Å². The lowest BCUT2D eigenvalue weighted by atomic mass is 10.1. The van der Waals surface area contributed by atoms with Crippen LogP contribution in [0.1, 0.15) is 59.4 Å². The number of ether oxygens (including phenoxy) is 1. The van der Waals surface area contributed by atoms with E-state index in [1.54, 1.807) is 11.8 Å². The molecular formula is C21H32N2O3S. The minimum absolute atomic E-state index is 0.0823. The van der Waals surface area contributed by atoms with Gasteiger partial charge in [-0.1, -0.05) is 27.7 Å². The summed E-state index contributed by atoms with van der Waals surface area (Å²) in [6.45, 7) is 10.3. The quantitative estimate of drug-likeness (QED) is 0.343. The number of hydrogen-bond donors (Lipinski definition) is 1. The summed E-state index contributed by atoms with van der Waals surface area (Å²) in [4.78, 5) is 23.5. The lowest BCUT2D eigenvalue weighted by Crippen LogP contribution is -2.27. The number of rotatable bonds is 11. The predicted octanol–water partition coefficient (Wildman–Crippen LogP) is 4.44. The summed E-state index contributed by atoms with van der Waals surface area (Å²) < 4.78 is 5.57. The summed E-state index contributed by atoms with van der Waals surface area (Å²) in [5.74, 6) is 1.02. The van der Waals surface area contributed by atoms with Crippen LogP contribution in [0.15, 0.2) is 29.4 Å². The number of nitrogens with zero attached hydrogens (tertiary/aromatic N) is 1. The van der Waals surface area contributed by atoms with Gasteiger partial charge in [0.25, 0.3) is 0 Å². The van der Waals surface area contributed by atoms with Crippen molar-refractivity contribution in [3.8, 4) is 5.75 Å². The highest BCUT2D eigenvalue weighted by Crippen LogP contribution is 2.24. The van der Waals surface area contributed by atoms with E-state index in [0.29, 0.717) is 19.4 Å². The zero-order chi connectivity index (χ0) is 20.4. The molecule has 0 aliphatic heterocycles. The first kappa shape index (κ1) is 23.2. The molecule has 0 atom stereocenters. The molecule has 1 N–H and O–H groups in total. The van der Waals surface area contributed by atoms with E-state index in [4.69, 9.17) is 4.74 Å². The fourth-order valence-corrected chi connectivity index (χ4v) is 2.50. The maximum Gasteiger partial charge on any atom is 0.241 e. The van der Waals surface area contributed by atoms with E-state index in [1.807, 2.05) is 65.1 Å². The third-order valence-electron chi connectivity index (χ3n) is 4.24. The lowest BCUT2D eigenvalue weighted by Gasteiger charge is -2.20. The number of ketones is 1. The molecule has 0 aliphatic rings. The number of benzene rings is 1. The summed E-state index contributed by atoms with van der Waals surface area (Å²) in [7, 11) is 0. The Morgan fingerprint density at radius 2 is 1.85 bits per heavy atom. The van der Waals surface area contributed by atoms with Crippen molar-refractivity contribution in [2.45, 2.75) is 58.6 Å². The minimum Gasteiger partial charge on any atom is -0.494 e. The van der Waals surface area contributed by atoms with Crippen LogP contribution in [0.25, 0.3) is 0 Å². The topological polar surface area (TPSA) is 67.8 Å². The summed E-state index contributed by atoms with van der Waals surface area (Å²) in [6, 6.07) is 7.56. The van der Waals surface area contributed by atoms with Crippen LogP contribution in [0.3, 0.4) is 0 Å². The SMILES string of the molecule is CSC(C)(C)CC(=O)N/N=C(\C)c1ccc(OCCCC(=O)C(C)C)cc1. The molecule has 1 amide bonds. The number of nitrogens with one attached hydrogen (secondary N) is 1. The van der Waals surface area contributed by atoms with Crippen LogP contribution in [-0.4, -0.2) is 35.0 Å². The van der Waals surface area contributed by atoms with E-state index in [-0.39, 0.29) is 22.4 Å². The largest absolute Gasteiger partial charge is 0.494 e. The van der Waals surface area contributed by atoms with Crippen molar-refractivity contribution in [2.24, 2.45) is 11.0 Å². The molecule has 5 nitrogen and oxygen atoms in total. The van der Waals surface area contributed by atoms with Crippen LogP contribution in [0.5, 0.6) is 5.75 Å². The summed E-state index contributed by atoms with van der Waals surface area (Å²) in [5, 5.41) is 4.18. The Bertz CT molecular complexity index is 652. The van der Waals surface area contributed by atoms with Gasteiger partial charge in [-0.3, -0.25) is 9.59 Å². The van der Waals surface area contributed by atoms with Gasteiger partial charge in [-0.2, -0.15) is 16.9 Å². The number of Topliss-reactive ketones (excluding diaryl/α,β-unsaturated/α-hetero) is 1. The number of thioether (sulfide) groups is 1. The first-order chi connectivity index (χ1) is 12.6. The molecule has 0 aromatic heterocycles. The highest BCUT2D eigenvalue weighted by molar-refractivity contribution is 7.99. The molecule has 1 aromatic carbocycles. The zero-order valence-corrected chi connectivity index (χ0v) is 18.1. The van der Waals surface area contributed by atoms with Gasteiger partial charge in [0.05, 0.1) is 12.3 Å². The Morgan fingerprint density at radius 3 is 2.41 bits per heavy atom. The maximum absolute atomic E-state index is 12.0. The van der Waals surface area contributed by atoms with E-state index < -0.39 is 0 Å². The highest BCUT2D eigenvalue weighted by atomic mass is 32.2. The van der Waals surface area contributed by atoms with Crippen molar-refractivity contribution < 1.29 is 14.3 Å². The van der Waals surface area contributed by atoms with Crippen molar-refractivity contribution in [2.75, 3.05) is 12.9 Å². The van der Waals surface area contributed by atoms with Crippen LogP contribution < -0.4 is 10.2 Å². The molecule has 0 saturated heterocycles. The van der Waals surface area contributed by atoms with Gasteiger partial charge in [-0.15, -0.1) is 0 Å². The Kier molecular flexibility index (Phi) is 9.56. The third kappa shape index (κ3) is 9.09. The van der Waals surface area contributed by atoms with Gasteiger partial charge in [0.15, 0.2) is 0 Å². The second kappa shape index (κ2) is 11.1. The molecule has 0 unspecified atom stereocenters. The van der Waals surface area contributed by atoms with Gasteiger partial charge in [0, 0.05) is 23.5 Å². The standard InChI is InChI=1S/C21H32N2O3S/c1-15(2)19(24)8-7-13-26-18-11-9-17(10-12-18)16(3)22-23-20(25)14-21(4,5)27-6/h9-12,15H,7-8,13-14H2,1-6H3,(H,23,25)/b22-16+. The van der Waals surface area contributed by atoms with Gasteiger partial charge < -0.3 is 4.74 Å². The third-order valence-corrected chi connectivity index (χ3v) is 5.49. The average Bonchev–Trinajstić information content (AvgIpc) is 2.63. The Hall–Kier alpha value is -1.82. The summed E-state index contributed by atoms with van der Waals surface area (Å²) in [5.41, 5.74) is 4.27. The Balaban J connectivity index is 2.48. The number of amides is 1. The van der Waals surface area contributed by atoms with E-state index in [0.717, 1.165) is 23.4 Å². The molecule has 6 heteroatoms. The molecular weight excluding hydrogens is 360 g/mol. The van der Waals surface area contributed by atoms with E-state index >= 15 is 0 Å². The van der Waals surface area contributed by atoms with Crippen molar-refractivity contribution >= 4 is 29.2 Å². The van der Waals surface area contributed by atoms with E-state index in [1.165, 1.54) is 0 Å². The van der Waals surface area contributed by atoms with Crippen molar-refractivity contribution in [1.29, 1.82) is 0 Å². The van der Waals surface area contributed by atoms with Crippen molar-refractivity contribution in [1.82, 2.24) is 5.43 Å². The molecule has 150 valence electrons. The molecule has 0 heterocycles. The minimum atomic E-state index is -0.105. The second-order valence-corrected chi connectivity index (χ2v) is 8.98. The molecule has 1 rings (SSSR count). The maximum atomic E-state index is 12.0. The molecule has 0 aliphatic carbocycles. The summed E-state index contributed by atoms with van der Waals surface area (Å²) >= 11 is 1.66. The normalized spacial score (nSPS) is 12.2. The van der Waals surface area contributed by atoms with Crippen LogP contribution in [-0.2, 0) is 9.59 Å². The smallest absolute Gasteiger partial charge is 0.241 e. The Labute approximate surface area is 167 Å². The van der Waals surface area contributed by atoms with Crippen LogP contribution in [0.2, 0.25) is 0 Å². The van der Waals surface area contributed by atoms with E-state index in [9.17, 15) is 9.59 Å². The molecule has 0 radical (unpaired) electrons. The number of hydrazone groups is 1. The molecule has 27 heavy (non-hydrogen) atoms. The first-order valence-corrected chi connectivity index (χ1v) is 10.5. The van der Waals surface area contributed by atoms with Gasteiger partial charge in [0.2, 0.25) is 5.91 Å². The van der Waals surface area contributed by atoms with Crippen molar-refractivity contribution in [3.05, 3.63) is 29.8 Å². The highest BCUT2D eigenvalue weighted by Gasteiger charge is 2.20. The molecule has 0 saturated carbocycles. The van der Waals surface area contributed by atoms with Crippen LogP contribution in [0.4, 0.5) is 0 Å². The number of carbonyl (C=O) groups excluding carboxylic acids is 2. The molecule has 0 spiro atoms. The van der Waals surface area contributed by atoms with Crippen LogP contribution in [0, 0.1) is 5.92 Å². The molecule has 1 aromatic rings. The monoisotopic (exact) mass is 392 g/mol. The lowest BCUT2D eigenvalue weighted by molar-refractivity contribution is -0.122. The Morgan fingerprint density at radius 1 is 1.22 bits per heavy atom. The van der Waals surface area contributed by atoms with Gasteiger partial charge in [0.1, 0.15) is 11.5 Å².